The number of halogens is 4. The van der Waals surface area contributed by atoms with E-state index >= 15 is 0 Å². The number of H-pyrrole nitrogens is 1. The molecule has 2 heterocycles. The standard InChI is InChI=1S/C15H14ClF3N2O/c16-14-10-3-6-13(22)20-11(10)4-5-12(14)21-7-1-2-9(8-21)15(17,18)19/h3-6,9H,1-2,7-8H2,(H,20,22). The molecule has 22 heavy (non-hydrogen) atoms. The molecular formula is C15H14ClF3N2O. The van der Waals surface area contributed by atoms with Gasteiger partial charge in [0.1, 0.15) is 0 Å². The topological polar surface area (TPSA) is 36.1 Å². The molecule has 0 saturated carbocycles. The molecule has 0 spiro atoms. The molecule has 7 heteroatoms. The van der Waals surface area contributed by atoms with Crippen LogP contribution >= 0.6 is 11.6 Å². The smallest absolute Gasteiger partial charge is 0.370 e. The number of hydrogen-bond acceptors (Lipinski definition) is 2. The lowest BCUT2D eigenvalue weighted by atomic mass is 9.97. The van der Waals surface area contributed by atoms with Crippen LogP contribution in [0.4, 0.5) is 18.9 Å². The van der Waals surface area contributed by atoms with Crippen LogP contribution in [-0.4, -0.2) is 24.2 Å². The monoisotopic (exact) mass is 330 g/mol. The molecule has 1 N–H and O–H groups in total. The van der Waals surface area contributed by atoms with Gasteiger partial charge in [-0.05, 0) is 31.0 Å². The second-order valence-electron chi connectivity index (χ2n) is 5.51. The van der Waals surface area contributed by atoms with E-state index in [-0.39, 0.29) is 18.5 Å². The predicted octanol–water partition coefficient (Wildman–Crippen LogP) is 3.96. The number of anilines is 1. The number of aromatic amines is 1. The fourth-order valence-corrected chi connectivity index (χ4v) is 3.24. The number of alkyl halides is 3. The van der Waals surface area contributed by atoms with Gasteiger partial charge in [0.2, 0.25) is 5.56 Å². The zero-order valence-corrected chi connectivity index (χ0v) is 12.3. The number of nitrogens with one attached hydrogen (secondary N) is 1. The van der Waals surface area contributed by atoms with Gasteiger partial charge in [0, 0.05) is 30.1 Å². The third kappa shape index (κ3) is 2.79. The van der Waals surface area contributed by atoms with Crippen molar-refractivity contribution in [3.05, 3.63) is 39.6 Å². The quantitative estimate of drug-likeness (QED) is 0.859. The fourth-order valence-electron chi connectivity index (χ4n) is 2.89. The molecule has 3 rings (SSSR count). The van der Waals surface area contributed by atoms with Crippen LogP contribution in [-0.2, 0) is 0 Å². The summed E-state index contributed by atoms with van der Waals surface area (Å²) >= 11 is 6.34. The van der Waals surface area contributed by atoms with E-state index in [1.165, 1.54) is 6.07 Å². The van der Waals surface area contributed by atoms with Crippen molar-refractivity contribution in [3.63, 3.8) is 0 Å². The minimum absolute atomic E-state index is 0.0852. The summed E-state index contributed by atoms with van der Waals surface area (Å²) in [4.78, 5) is 15.6. The van der Waals surface area contributed by atoms with Crippen molar-refractivity contribution < 1.29 is 13.2 Å². The maximum atomic E-state index is 12.9. The zero-order chi connectivity index (χ0) is 15.9. The molecule has 1 fully saturated rings. The minimum atomic E-state index is -4.19. The van der Waals surface area contributed by atoms with Crippen LogP contribution in [0.25, 0.3) is 10.9 Å². The summed E-state index contributed by atoms with van der Waals surface area (Å²) < 4.78 is 38.8. The van der Waals surface area contributed by atoms with Crippen LogP contribution < -0.4 is 10.5 Å². The summed E-state index contributed by atoms with van der Waals surface area (Å²) in [6.07, 6.45) is -3.56. The lowest BCUT2D eigenvalue weighted by Gasteiger charge is -2.35. The molecule has 118 valence electrons. The maximum absolute atomic E-state index is 12.9. The molecule has 0 bridgehead atoms. The molecule has 1 saturated heterocycles. The normalized spacial score (nSPS) is 19.6. The van der Waals surface area contributed by atoms with Crippen LogP contribution in [0.5, 0.6) is 0 Å². The Hall–Kier alpha value is -1.69. The van der Waals surface area contributed by atoms with E-state index in [1.807, 2.05) is 0 Å². The van der Waals surface area contributed by atoms with Gasteiger partial charge in [-0.1, -0.05) is 11.6 Å². The SMILES string of the molecule is O=c1ccc2c(Cl)c(N3CCCC(C(F)(F)F)C3)ccc2[nH]1. The highest BCUT2D eigenvalue weighted by Crippen LogP contribution is 2.38. The number of aromatic nitrogens is 1. The molecule has 0 amide bonds. The Balaban J connectivity index is 1.98. The fraction of sp³-hybridized carbons (Fsp3) is 0.400. The number of hydrogen-bond donors (Lipinski definition) is 1. The van der Waals surface area contributed by atoms with Gasteiger partial charge >= 0.3 is 6.18 Å². The van der Waals surface area contributed by atoms with Crippen LogP contribution in [0.15, 0.2) is 29.1 Å². The summed E-state index contributed by atoms with van der Waals surface area (Å²) in [5, 5.41) is 1.00. The number of pyridine rings is 1. The number of nitrogens with zero attached hydrogens (tertiary/aromatic N) is 1. The van der Waals surface area contributed by atoms with Gasteiger partial charge in [0.25, 0.3) is 0 Å². The van der Waals surface area contributed by atoms with Crippen molar-refractivity contribution in [3.8, 4) is 0 Å². The Morgan fingerprint density at radius 1 is 1.23 bits per heavy atom. The van der Waals surface area contributed by atoms with Crippen molar-refractivity contribution in [1.29, 1.82) is 0 Å². The molecule has 1 unspecified atom stereocenters. The predicted molar refractivity (Wildman–Crippen MR) is 80.6 cm³/mol. The molecule has 1 aliphatic rings. The lowest BCUT2D eigenvalue weighted by molar-refractivity contribution is -0.175. The lowest BCUT2D eigenvalue weighted by Crippen LogP contribution is -2.41. The number of rotatable bonds is 1. The summed E-state index contributed by atoms with van der Waals surface area (Å²) in [7, 11) is 0. The van der Waals surface area contributed by atoms with Crippen molar-refractivity contribution in [2.75, 3.05) is 18.0 Å². The van der Waals surface area contributed by atoms with Crippen LogP contribution in [0.3, 0.4) is 0 Å². The highest BCUT2D eigenvalue weighted by molar-refractivity contribution is 6.38. The van der Waals surface area contributed by atoms with E-state index in [1.54, 1.807) is 23.1 Å². The van der Waals surface area contributed by atoms with E-state index in [9.17, 15) is 18.0 Å². The first kappa shape index (κ1) is 15.2. The number of benzene rings is 1. The van der Waals surface area contributed by atoms with E-state index in [0.717, 1.165) is 0 Å². The van der Waals surface area contributed by atoms with Gasteiger partial charge in [0.05, 0.1) is 16.6 Å². The second kappa shape index (κ2) is 5.50. The van der Waals surface area contributed by atoms with Gasteiger partial charge in [-0.3, -0.25) is 4.79 Å². The molecular weight excluding hydrogens is 317 g/mol. The van der Waals surface area contributed by atoms with Gasteiger partial charge in [-0.15, -0.1) is 0 Å². The van der Waals surface area contributed by atoms with Crippen molar-refractivity contribution in [2.24, 2.45) is 5.92 Å². The summed E-state index contributed by atoms with van der Waals surface area (Å²) in [5.41, 5.74) is 0.909. The van der Waals surface area contributed by atoms with Crippen LogP contribution in [0.1, 0.15) is 12.8 Å². The van der Waals surface area contributed by atoms with E-state index < -0.39 is 12.1 Å². The van der Waals surface area contributed by atoms with Gasteiger partial charge in [0.15, 0.2) is 0 Å². The van der Waals surface area contributed by atoms with Gasteiger partial charge in [-0.2, -0.15) is 13.2 Å². The Labute approximate surface area is 129 Å². The minimum Gasteiger partial charge on any atom is -0.370 e. The Morgan fingerprint density at radius 2 is 2.00 bits per heavy atom. The first-order valence-corrected chi connectivity index (χ1v) is 7.37. The van der Waals surface area contributed by atoms with E-state index in [0.29, 0.717) is 34.6 Å². The largest absolute Gasteiger partial charge is 0.393 e. The highest BCUT2D eigenvalue weighted by Gasteiger charge is 2.42. The Morgan fingerprint density at radius 3 is 2.73 bits per heavy atom. The summed E-state index contributed by atoms with van der Waals surface area (Å²) in [6, 6.07) is 6.28. The molecule has 0 aliphatic carbocycles. The van der Waals surface area contributed by atoms with Crippen molar-refractivity contribution in [2.45, 2.75) is 19.0 Å². The average Bonchev–Trinajstić information content (AvgIpc) is 2.46. The molecule has 1 aromatic heterocycles. The van der Waals surface area contributed by atoms with Gasteiger partial charge in [-0.25, -0.2) is 0 Å². The van der Waals surface area contributed by atoms with E-state index in [4.69, 9.17) is 11.6 Å². The number of fused-ring (bicyclic) bond motifs is 1. The van der Waals surface area contributed by atoms with Crippen molar-refractivity contribution in [1.82, 2.24) is 4.98 Å². The number of piperidine rings is 1. The zero-order valence-electron chi connectivity index (χ0n) is 11.6. The molecule has 1 aliphatic heterocycles. The third-order valence-electron chi connectivity index (χ3n) is 4.04. The average molecular weight is 331 g/mol. The summed E-state index contributed by atoms with van der Waals surface area (Å²) in [6.45, 7) is 0.458. The van der Waals surface area contributed by atoms with Crippen molar-refractivity contribution >= 4 is 28.2 Å². The highest BCUT2D eigenvalue weighted by atomic mass is 35.5. The van der Waals surface area contributed by atoms with E-state index in [2.05, 4.69) is 4.98 Å². The second-order valence-corrected chi connectivity index (χ2v) is 5.89. The molecule has 2 aromatic rings. The first-order chi connectivity index (χ1) is 10.4. The maximum Gasteiger partial charge on any atom is 0.393 e. The molecule has 1 atom stereocenters. The van der Waals surface area contributed by atoms with Gasteiger partial charge < -0.3 is 9.88 Å². The van der Waals surface area contributed by atoms with Crippen LogP contribution in [0, 0.1) is 5.92 Å². The molecule has 3 nitrogen and oxygen atoms in total. The molecule has 1 aromatic carbocycles. The molecule has 0 radical (unpaired) electrons. The van der Waals surface area contributed by atoms with Crippen LogP contribution in [0.2, 0.25) is 5.02 Å². The summed E-state index contributed by atoms with van der Waals surface area (Å²) in [5.74, 6) is -1.33. The Bertz CT molecular complexity index is 757. The third-order valence-corrected chi connectivity index (χ3v) is 4.44. The first-order valence-electron chi connectivity index (χ1n) is 6.99. The Kier molecular flexibility index (Phi) is 3.80.